The highest BCUT2D eigenvalue weighted by Crippen LogP contribution is 2.19. The summed E-state index contributed by atoms with van der Waals surface area (Å²) in [7, 11) is 0. The molecule has 2 heteroatoms. The summed E-state index contributed by atoms with van der Waals surface area (Å²) in [5.41, 5.74) is -0.194. The Hall–Kier alpha value is -1.18. The molecular weight excluding hydrogens is 112 g/mol. The molecule has 0 aromatic rings. The summed E-state index contributed by atoms with van der Waals surface area (Å²) in [5, 5.41) is 0. The topological polar surface area (TPSA) is 24.7 Å². The largest absolute Gasteiger partial charge is 0.272 e. The number of hydrogen-bond donors (Lipinski definition) is 0. The lowest BCUT2D eigenvalue weighted by Gasteiger charge is -2.07. The van der Waals surface area contributed by atoms with Crippen molar-refractivity contribution in [3.8, 4) is 0 Å². The van der Waals surface area contributed by atoms with Crippen LogP contribution in [0.4, 0.5) is 0 Å². The fourth-order valence-electron chi connectivity index (χ4n) is 0.955. The van der Waals surface area contributed by atoms with Crippen LogP contribution in [0.25, 0.3) is 0 Å². The van der Waals surface area contributed by atoms with Gasteiger partial charge in [0.05, 0.1) is 0 Å². The van der Waals surface area contributed by atoms with Gasteiger partial charge in [0, 0.05) is 18.6 Å². The van der Waals surface area contributed by atoms with Crippen molar-refractivity contribution in [1.82, 2.24) is 0 Å². The van der Waals surface area contributed by atoms with Gasteiger partial charge in [-0.05, 0) is 18.2 Å². The molecule has 0 aromatic carbocycles. The fourth-order valence-corrected chi connectivity index (χ4v) is 0.955. The second-order valence-electron chi connectivity index (χ2n) is 2.12. The lowest BCUT2D eigenvalue weighted by Crippen LogP contribution is -2.16. The molecule has 0 saturated carbocycles. The number of rotatable bonds is 0. The molecule has 0 aromatic heterocycles. The van der Waals surface area contributed by atoms with E-state index in [1.807, 2.05) is 24.4 Å². The standard InChI is InChI=1S/C7H6N2/c1-2-7(9-4-1)3-5-8-6-7/h1-6H. The summed E-state index contributed by atoms with van der Waals surface area (Å²) in [6.45, 7) is 0. The van der Waals surface area contributed by atoms with Crippen molar-refractivity contribution in [2.45, 2.75) is 5.54 Å². The van der Waals surface area contributed by atoms with Gasteiger partial charge in [-0.1, -0.05) is 0 Å². The average molecular weight is 118 g/mol. The maximum Gasteiger partial charge on any atom is 0.134 e. The molecule has 9 heavy (non-hydrogen) atoms. The lowest BCUT2D eigenvalue weighted by molar-refractivity contribution is 0.936. The van der Waals surface area contributed by atoms with E-state index in [4.69, 9.17) is 0 Å². The second-order valence-corrected chi connectivity index (χ2v) is 2.12. The van der Waals surface area contributed by atoms with Gasteiger partial charge in [0.1, 0.15) is 5.54 Å². The average Bonchev–Trinajstić information content (AvgIpc) is 2.45. The van der Waals surface area contributed by atoms with Crippen LogP contribution < -0.4 is 0 Å². The zero-order valence-electron chi connectivity index (χ0n) is 4.86. The van der Waals surface area contributed by atoms with Crippen LogP contribution in [0.1, 0.15) is 0 Å². The smallest absolute Gasteiger partial charge is 0.134 e. The fraction of sp³-hybridized carbons (Fsp3) is 0.143. The molecule has 1 spiro atoms. The van der Waals surface area contributed by atoms with Crippen LogP contribution in [0.5, 0.6) is 0 Å². The first-order valence-electron chi connectivity index (χ1n) is 2.86. The van der Waals surface area contributed by atoms with Crippen LogP contribution in [0.2, 0.25) is 0 Å². The van der Waals surface area contributed by atoms with Crippen molar-refractivity contribution in [3.05, 3.63) is 24.4 Å². The molecule has 0 radical (unpaired) electrons. The highest BCUT2D eigenvalue weighted by Gasteiger charge is 2.23. The Kier molecular flexibility index (Phi) is 0.730. The Morgan fingerprint density at radius 1 is 1.22 bits per heavy atom. The van der Waals surface area contributed by atoms with Crippen molar-refractivity contribution < 1.29 is 0 Å². The van der Waals surface area contributed by atoms with E-state index < -0.39 is 0 Å². The van der Waals surface area contributed by atoms with Gasteiger partial charge in [0.2, 0.25) is 0 Å². The monoisotopic (exact) mass is 118 g/mol. The van der Waals surface area contributed by atoms with E-state index in [0.717, 1.165) is 0 Å². The van der Waals surface area contributed by atoms with E-state index in [9.17, 15) is 0 Å². The molecule has 2 aliphatic heterocycles. The number of hydrogen-bond acceptors (Lipinski definition) is 2. The van der Waals surface area contributed by atoms with Crippen molar-refractivity contribution in [3.63, 3.8) is 0 Å². The Morgan fingerprint density at radius 2 is 2.22 bits per heavy atom. The van der Waals surface area contributed by atoms with Gasteiger partial charge < -0.3 is 0 Å². The third-order valence-electron chi connectivity index (χ3n) is 1.46. The first-order chi connectivity index (χ1) is 4.41. The predicted molar refractivity (Wildman–Crippen MR) is 38.0 cm³/mol. The quantitative estimate of drug-likeness (QED) is 0.452. The van der Waals surface area contributed by atoms with Crippen molar-refractivity contribution in [2.24, 2.45) is 9.98 Å². The summed E-state index contributed by atoms with van der Waals surface area (Å²) in [6, 6.07) is 0. The van der Waals surface area contributed by atoms with E-state index >= 15 is 0 Å². The molecule has 1 atom stereocenters. The Morgan fingerprint density at radius 3 is 2.78 bits per heavy atom. The highest BCUT2D eigenvalue weighted by molar-refractivity contribution is 5.89. The van der Waals surface area contributed by atoms with Gasteiger partial charge >= 0.3 is 0 Å². The maximum atomic E-state index is 4.19. The van der Waals surface area contributed by atoms with E-state index in [1.165, 1.54) is 0 Å². The van der Waals surface area contributed by atoms with Crippen molar-refractivity contribution in [2.75, 3.05) is 0 Å². The third kappa shape index (κ3) is 0.560. The molecule has 2 heterocycles. The minimum Gasteiger partial charge on any atom is -0.272 e. The van der Waals surface area contributed by atoms with Gasteiger partial charge in [-0.3, -0.25) is 9.98 Å². The molecule has 0 saturated heterocycles. The van der Waals surface area contributed by atoms with Gasteiger partial charge in [0.25, 0.3) is 0 Å². The second kappa shape index (κ2) is 1.41. The molecule has 0 N–H and O–H groups in total. The van der Waals surface area contributed by atoms with E-state index in [-0.39, 0.29) is 5.54 Å². The predicted octanol–water partition coefficient (Wildman–Crippen LogP) is 0.964. The van der Waals surface area contributed by atoms with Crippen LogP contribution in [-0.4, -0.2) is 18.0 Å². The SMILES string of the molecule is C1=CC2(C=CN=C2)N=C1. The lowest BCUT2D eigenvalue weighted by atomic mass is 10.1. The molecule has 44 valence electrons. The summed E-state index contributed by atoms with van der Waals surface area (Å²) < 4.78 is 0. The highest BCUT2D eigenvalue weighted by atomic mass is 14.9. The summed E-state index contributed by atoms with van der Waals surface area (Å²) in [5.74, 6) is 0. The molecule has 2 nitrogen and oxygen atoms in total. The maximum absolute atomic E-state index is 4.19. The zero-order chi connectivity index (χ0) is 6.16. The van der Waals surface area contributed by atoms with Crippen LogP contribution in [-0.2, 0) is 0 Å². The Labute approximate surface area is 53.3 Å². The van der Waals surface area contributed by atoms with E-state index in [0.29, 0.717) is 0 Å². The number of allylic oxidation sites excluding steroid dienone is 1. The molecule has 0 aliphatic carbocycles. The molecule has 0 amide bonds. The Balaban J connectivity index is 2.46. The summed E-state index contributed by atoms with van der Waals surface area (Å²) >= 11 is 0. The van der Waals surface area contributed by atoms with E-state index in [2.05, 4.69) is 9.98 Å². The molecule has 0 bridgehead atoms. The number of nitrogens with zero attached hydrogens (tertiary/aromatic N) is 2. The molecule has 1 unspecified atom stereocenters. The van der Waals surface area contributed by atoms with Crippen LogP contribution >= 0.6 is 0 Å². The zero-order valence-corrected chi connectivity index (χ0v) is 4.86. The van der Waals surface area contributed by atoms with E-state index in [1.54, 1.807) is 12.4 Å². The van der Waals surface area contributed by atoms with Gasteiger partial charge in [0.15, 0.2) is 0 Å². The molecule has 0 fully saturated rings. The first-order valence-corrected chi connectivity index (χ1v) is 2.86. The molecule has 2 rings (SSSR count). The van der Waals surface area contributed by atoms with Crippen molar-refractivity contribution >= 4 is 12.4 Å². The molecular formula is C7H6N2. The van der Waals surface area contributed by atoms with Crippen LogP contribution in [0, 0.1) is 0 Å². The Bertz CT molecular complexity index is 180. The minimum atomic E-state index is -0.194. The first kappa shape index (κ1) is 4.68. The van der Waals surface area contributed by atoms with Gasteiger partial charge in [-0.2, -0.15) is 0 Å². The van der Waals surface area contributed by atoms with Crippen LogP contribution in [0.3, 0.4) is 0 Å². The summed E-state index contributed by atoms with van der Waals surface area (Å²) in [4.78, 5) is 8.14. The molecule has 2 aliphatic rings. The third-order valence-corrected chi connectivity index (χ3v) is 1.46. The summed E-state index contributed by atoms with van der Waals surface area (Å²) in [6.07, 6.45) is 11.3. The normalized spacial score (nSPS) is 35.6. The van der Waals surface area contributed by atoms with Gasteiger partial charge in [-0.15, -0.1) is 0 Å². The number of aliphatic imine (C=N–C) groups is 2. The van der Waals surface area contributed by atoms with Crippen molar-refractivity contribution in [1.29, 1.82) is 0 Å². The van der Waals surface area contributed by atoms with Crippen LogP contribution in [0.15, 0.2) is 34.4 Å². The minimum absolute atomic E-state index is 0.194. The van der Waals surface area contributed by atoms with Gasteiger partial charge in [-0.25, -0.2) is 0 Å².